The van der Waals surface area contributed by atoms with Crippen LogP contribution < -0.4 is 10.6 Å². The lowest BCUT2D eigenvalue weighted by Gasteiger charge is -2.33. The molecule has 5 rings (SSSR count). The first kappa shape index (κ1) is 27.9. The van der Waals surface area contributed by atoms with Crippen LogP contribution in [0, 0.1) is 0 Å². The molecule has 2 atom stereocenters. The summed E-state index contributed by atoms with van der Waals surface area (Å²) in [5.41, 5.74) is 0.714. The molecule has 0 saturated carbocycles. The second-order valence-electron chi connectivity index (χ2n) is 9.79. The van der Waals surface area contributed by atoms with Crippen LogP contribution in [0.25, 0.3) is 0 Å². The molecule has 8 nitrogen and oxygen atoms in total. The third kappa shape index (κ3) is 5.65. The van der Waals surface area contributed by atoms with Gasteiger partial charge in [0.25, 0.3) is 5.91 Å². The Labute approximate surface area is 234 Å². The molecular formula is C30H28F3N5O3. The Balaban J connectivity index is 1.52. The second-order valence-corrected chi connectivity index (χ2v) is 9.79. The summed E-state index contributed by atoms with van der Waals surface area (Å²) in [7, 11) is 0. The summed E-state index contributed by atoms with van der Waals surface area (Å²) in [6.07, 6.45) is -1.30. The van der Waals surface area contributed by atoms with Gasteiger partial charge in [-0.1, -0.05) is 54.6 Å². The first-order valence-electron chi connectivity index (χ1n) is 13.2. The van der Waals surface area contributed by atoms with Crippen molar-refractivity contribution >= 4 is 17.8 Å². The van der Waals surface area contributed by atoms with Gasteiger partial charge in [-0.2, -0.15) is 13.2 Å². The van der Waals surface area contributed by atoms with Crippen molar-refractivity contribution in [1.82, 2.24) is 25.4 Å². The Morgan fingerprint density at radius 1 is 1.05 bits per heavy atom. The maximum Gasteiger partial charge on any atom is 0.416 e. The van der Waals surface area contributed by atoms with E-state index in [1.165, 1.54) is 28.0 Å². The van der Waals surface area contributed by atoms with Crippen molar-refractivity contribution in [3.05, 3.63) is 113 Å². The Morgan fingerprint density at radius 3 is 2.44 bits per heavy atom. The number of benzene rings is 2. The molecule has 1 aromatic heterocycles. The summed E-state index contributed by atoms with van der Waals surface area (Å²) in [5, 5.41) is 5.47. The summed E-state index contributed by atoms with van der Waals surface area (Å²) >= 11 is 0. The number of alkyl halides is 3. The van der Waals surface area contributed by atoms with E-state index in [-0.39, 0.29) is 37.2 Å². The third-order valence-electron chi connectivity index (χ3n) is 7.28. The zero-order chi connectivity index (χ0) is 29.1. The topological polar surface area (TPSA) is 94.6 Å². The lowest BCUT2D eigenvalue weighted by Crippen LogP contribution is -2.49. The van der Waals surface area contributed by atoms with E-state index in [0.717, 1.165) is 17.2 Å². The van der Waals surface area contributed by atoms with Gasteiger partial charge in [0.2, 0.25) is 5.91 Å². The summed E-state index contributed by atoms with van der Waals surface area (Å²) < 4.78 is 41.9. The van der Waals surface area contributed by atoms with Crippen molar-refractivity contribution in [2.24, 2.45) is 0 Å². The predicted molar refractivity (Wildman–Crippen MR) is 144 cm³/mol. The molecule has 2 unspecified atom stereocenters. The van der Waals surface area contributed by atoms with E-state index in [0.29, 0.717) is 5.70 Å². The number of hydrogen-bond donors (Lipinski definition) is 2. The highest BCUT2D eigenvalue weighted by atomic mass is 19.4. The van der Waals surface area contributed by atoms with Gasteiger partial charge < -0.3 is 15.5 Å². The van der Waals surface area contributed by atoms with Crippen LogP contribution in [0.15, 0.2) is 90.4 Å². The van der Waals surface area contributed by atoms with Gasteiger partial charge in [0.1, 0.15) is 6.04 Å². The first-order valence-corrected chi connectivity index (χ1v) is 13.2. The van der Waals surface area contributed by atoms with Crippen molar-refractivity contribution in [3.8, 4) is 0 Å². The van der Waals surface area contributed by atoms with Crippen molar-refractivity contribution in [2.45, 2.75) is 38.1 Å². The quantitative estimate of drug-likeness (QED) is 0.430. The van der Waals surface area contributed by atoms with Crippen LogP contribution in [0.4, 0.5) is 18.0 Å². The molecule has 0 radical (unpaired) electrons. The molecular weight excluding hydrogens is 535 g/mol. The van der Waals surface area contributed by atoms with Gasteiger partial charge in [0.15, 0.2) is 0 Å². The number of hydrogen-bond acceptors (Lipinski definition) is 4. The van der Waals surface area contributed by atoms with E-state index in [2.05, 4.69) is 15.6 Å². The van der Waals surface area contributed by atoms with Gasteiger partial charge >= 0.3 is 12.2 Å². The Hall–Kier alpha value is -4.67. The lowest BCUT2D eigenvalue weighted by atomic mass is 9.91. The number of halogens is 3. The molecule has 0 fully saturated rings. The number of urea groups is 1. The molecule has 0 saturated heterocycles. The third-order valence-corrected chi connectivity index (χ3v) is 7.28. The molecule has 3 aromatic rings. The molecule has 3 heterocycles. The number of carbonyl (C=O) groups excluding carboxylic acids is 3. The van der Waals surface area contributed by atoms with Crippen LogP contribution in [0.1, 0.15) is 35.2 Å². The Bertz CT molecular complexity index is 1480. The maximum absolute atomic E-state index is 14.1. The smallest absolute Gasteiger partial charge is 0.350 e. The average Bonchev–Trinajstić information content (AvgIpc) is 3.31. The van der Waals surface area contributed by atoms with Crippen LogP contribution in [-0.2, 0) is 28.7 Å². The molecule has 2 aliphatic heterocycles. The van der Waals surface area contributed by atoms with E-state index in [4.69, 9.17) is 0 Å². The van der Waals surface area contributed by atoms with Crippen LogP contribution in [0.2, 0.25) is 0 Å². The van der Waals surface area contributed by atoms with Gasteiger partial charge in [-0.25, -0.2) is 4.79 Å². The number of rotatable bonds is 8. The van der Waals surface area contributed by atoms with Gasteiger partial charge in [-0.3, -0.25) is 19.5 Å². The zero-order valence-corrected chi connectivity index (χ0v) is 22.2. The van der Waals surface area contributed by atoms with E-state index in [1.54, 1.807) is 31.5 Å². The van der Waals surface area contributed by atoms with E-state index >= 15 is 0 Å². The summed E-state index contributed by atoms with van der Waals surface area (Å²) in [4.78, 5) is 47.5. The van der Waals surface area contributed by atoms with Gasteiger partial charge in [-0.05, 0) is 35.7 Å². The minimum Gasteiger partial charge on any atom is -0.350 e. The number of pyridine rings is 1. The minimum atomic E-state index is -4.70. The SMILES string of the molecule is CCN1C(=O)NC(c2ccccc2C(F)(F)F)C2=C1CN(C(Cc1ccccc1)C(=O)NCc1cccnc1)C2=O. The normalized spacial score (nSPS) is 17.8. The van der Waals surface area contributed by atoms with Crippen molar-refractivity contribution in [1.29, 1.82) is 0 Å². The standard InChI is InChI=1S/C30H28F3N5O3/c1-2-37-24-18-38(23(15-19-9-4-3-5-10-19)27(39)35-17-20-11-8-14-34-16-20)28(40)25(24)26(36-29(37)41)21-12-6-7-13-22(21)30(31,32)33/h3-14,16,23,26H,2,15,17-18H2,1H3,(H,35,39)(H,36,41). The van der Waals surface area contributed by atoms with Crippen molar-refractivity contribution < 1.29 is 27.6 Å². The predicted octanol–water partition coefficient (Wildman–Crippen LogP) is 4.21. The van der Waals surface area contributed by atoms with Gasteiger partial charge in [0, 0.05) is 31.9 Å². The number of likely N-dealkylation sites (N-methyl/N-ethyl adjacent to an activating group) is 1. The highest BCUT2D eigenvalue weighted by molar-refractivity contribution is 6.03. The Kier molecular flexibility index (Phi) is 7.78. The molecule has 2 aromatic carbocycles. The molecule has 0 bridgehead atoms. The van der Waals surface area contributed by atoms with Crippen molar-refractivity contribution in [3.63, 3.8) is 0 Å². The van der Waals surface area contributed by atoms with Crippen LogP contribution in [-0.4, -0.2) is 51.8 Å². The van der Waals surface area contributed by atoms with Crippen LogP contribution in [0.3, 0.4) is 0 Å². The number of nitrogens with one attached hydrogen (secondary N) is 2. The van der Waals surface area contributed by atoms with E-state index in [9.17, 15) is 27.6 Å². The molecule has 2 aliphatic rings. The fourth-order valence-electron chi connectivity index (χ4n) is 5.33. The van der Waals surface area contributed by atoms with E-state index in [1.807, 2.05) is 30.3 Å². The monoisotopic (exact) mass is 563 g/mol. The van der Waals surface area contributed by atoms with Crippen LogP contribution >= 0.6 is 0 Å². The zero-order valence-electron chi connectivity index (χ0n) is 22.2. The highest BCUT2D eigenvalue weighted by Gasteiger charge is 2.48. The summed E-state index contributed by atoms with van der Waals surface area (Å²) in [6, 6.07) is 14.7. The largest absolute Gasteiger partial charge is 0.416 e. The lowest BCUT2D eigenvalue weighted by molar-refractivity contribution is -0.138. The molecule has 2 N–H and O–H groups in total. The van der Waals surface area contributed by atoms with E-state index < -0.39 is 41.7 Å². The number of aromatic nitrogens is 1. The minimum absolute atomic E-state index is 0.0290. The summed E-state index contributed by atoms with van der Waals surface area (Å²) in [5.74, 6) is -1.03. The molecule has 4 amide bonds. The van der Waals surface area contributed by atoms with Gasteiger partial charge in [-0.15, -0.1) is 0 Å². The molecule has 212 valence electrons. The van der Waals surface area contributed by atoms with Crippen molar-refractivity contribution in [2.75, 3.05) is 13.1 Å². The maximum atomic E-state index is 14.1. The summed E-state index contributed by atoms with van der Waals surface area (Å²) in [6.45, 7) is 1.98. The number of nitrogens with zero attached hydrogens (tertiary/aromatic N) is 3. The van der Waals surface area contributed by atoms with Crippen LogP contribution in [0.5, 0.6) is 0 Å². The first-order chi connectivity index (χ1) is 19.7. The highest BCUT2D eigenvalue weighted by Crippen LogP contribution is 2.42. The fourth-order valence-corrected chi connectivity index (χ4v) is 5.33. The second kappa shape index (κ2) is 11.4. The Morgan fingerprint density at radius 2 is 1.76 bits per heavy atom. The molecule has 41 heavy (non-hydrogen) atoms. The molecule has 0 aliphatic carbocycles. The molecule has 0 spiro atoms. The number of carbonyl (C=O) groups is 3. The molecule has 11 heteroatoms. The fraction of sp³-hybridized carbons (Fsp3) is 0.267. The average molecular weight is 564 g/mol. The van der Waals surface area contributed by atoms with Gasteiger partial charge in [0.05, 0.1) is 29.4 Å². The number of amides is 4.